The minimum absolute atomic E-state index is 0.0648. The van der Waals surface area contributed by atoms with Gasteiger partial charge in [0.15, 0.2) is 0 Å². The molecule has 3 heterocycles. The van der Waals surface area contributed by atoms with E-state index < -0.39 is 0 Å². The van der Waals surface area contributed by atoms with Gasteiger partial charge in [-0.25, -0.2) is 4.98 Å². The summed E-state index contributed by atoms with van der Waals surface area (Å²) in [6.07, 6.45) is 3.42. The molecule has 2 unspecified atom stereocenters. The maximum atomic E-state index is 12.9. The minimum Gasteiger partial charge on any atom is -0.298 e. The zero-order valence-corrected chi connectivity index (χ0v) is 12.6. The molecular weight excluding hydrogens is 286 g/mol. The molecular formula is C16H18ClN3O. The summed E-state index contributed by atoms with van der Waals surface area (Å²) >= 11 is 6.09. The number of aromatic nitrogens is 2. The Labute approximate surface area is 128 Å². The molecule has 2 atom stereocenters. The van der Waals surface area contributed by atoms with Crippen LogP contribution in [0.3, 0.4) is 0 Å². The Morgan fingerprint density at radius 2 is 2.05 bits per heavy atom. The highest BCUT2D eigenvalue weighted by Crippen LogP contribution is 2.36. The third-order valence-corrected chi connectivity index (χ3v) is 5.14. The molecule has 0 aliphatic carbocycles. The van der Waals surface area contributed by atoms with Gasteiger partial charge in [0, 0.05) is 12.6 Å². The predicted molar refractivity (Wildman–Crippen MR) is 83.8 cm³/mol. The van der Waals surface area contributed by atoms with Crippen LogP contribution in [0.1, 0.15) is 31.1 Å². The normalized spacial score (nSPS) is 25.6. The Kier molecular flexibility index (Phi) is 3.23. The van der Waals surface area contributed by atoms with Crippen LogP contribution in [0.15, 0.2) is 29.1 Å². The van der Waals surface area contributed by atoms with E-state index in [4.69, 9.17) is 11.6 Å². The minimum atomic E-state index is 0.0648. The van der Waals surface area contributed by atoms with Crippen LogP contribution in [-0.4, -0.2) is 33.6 Å². The van der Waals surface area contributed by atoms with E-state index in [1.807, 2.05) is 28.8 Å². The van der Waals surface area contributed by atoms with Crippen molar-refractivity contribution in [3.63, 3.8) is 0 Å². The molecule has 21 heavy (non-hydrogen) atoms. The van der Waals surface area contributed by atoms with Gasteiger partial charge in [-0.2, -0.15) is 0 Å². The van der Waals surface area contributed by atoms with Crippen LogP contribution in [-0.2, 0) is 5.88 Å². The second kappa shape index (κ2) is 5.11. The second-order valence-electron chi connectivity index (χ2n) is 5.96. The number of fused-ring (bicyclic) bond motifs is 2. The number of hydrogen-bond donors (Lipinski definition) is 0. The van der Waals surface area contributed by atoms with Gasteiger partial charge < -0.3 is 0 Å². The van der Waals surface area contributed by atoms with Crippen molar-refractivity contribution in [1.82, 2.24) is 14.5 Å². The fourth-order valence-electron chi connectivity index (χ4n) is 3.99. The Balaban J connectivity index is 1.91. The van der Waals surface area contributed by atoms with Gasteiger partial charge in [0.25, 0.3) is 5.56 Å². The molecule has 1 aromatic heterocycles. The van der Waals surface area contributed by atoms with Crippen molar-refractivity contribution in [3.8, 4) is 0 Å². The van der Waals surface area contributed by atoms with E-state index in [0.717, 1.165) is 25.0 Å². The SMILES string of the molecule is O=c1c2ccccc2nc(CCl)n1C1CCN2CCCC12. The molecule has 0 bridgehead atoms. The number of hydrogen-bond acceptors (Lipinski definition) is 3. The molecule has 2 aliphatic heterocycles. The molecule has 2 aromatic rings. The molecule has 0 saturated carbocycles. The van der Waals surface area contributed by atoms with E-state index in [9.17, 15) is 4.79 Å². The fourth-order valence-corrected chi connectivity index (χ4v) is 4.17. The first-order chi connectivity index (χ1) is 10.3. The lowest BCUT2D eigenvalue weighted by Gasteiger charge is -2.24. The Bertz CT molecular complexity index is 742. The first-order valence-electron chi connectivity index (χ1n) is 7.60. The van der Waals surface area contributed by atoms with Gasteiger partial charge in [-0.05, 0) is 37.9 Å². The average molecular weight is 304 g/mol. The molecule has 1 aromatic carbocycles. The molecule has 0 radical (unpaired) electrons. The lowest BCUT2D eigenvalue weighted by molar-refractivity contribution is 0.285. The first kappa shape index (κ1) is 13.3. The third kappa shape index (κ3) is 2.00. The Morgan fingerprint density at radius 1 is 1.19 bits per heavy atom. The van der Waals surface area contributed by atoms with Crippen LogP contribution in [0.4, 0.5) is 0 Å². The van der Waals surface area contributed by atoms with Gasteiger partial charge >= 0.3 is 0 Å². The van der Waals surface area contributed by atoms with Crippen molar-refractivity contribution in [3.05, 3.63) is 40.4 Å². The summed E-state index contributed by atoms with van der Waals surface area (Å²) in [4.78, 5) is 20.1. The maximum Gasteiger partial charge on any atom is 0.261 e. The van der Waals surface area contributed by atoms with Crippen molar-refractivity contribution >= 4 is 22.5 Å². The molecule has 2 aliphatic rings. The summed E-state index contributed by atoms with van der Waals surface area (Å²) in [6.45, 7) is 2.24. The highest BCUT2D eigenvalue weighted by Gasteiger charge is 2.39. The van der Waals surface area contributed by atoms with Gasteiger partial charge in [-0.3, -0.25) is 14.3 Å². The summed E-state index contributed by atoms with van der Waals surface area (Å²) in [5.74, 6) is 0.989. The third-order valence-electron chi connectivity index (χ3n) is 4.90. The van der Waals surface area contributed by atoms with E-state index in [2.05, 4.69) is 9.88 Å². The smallest absolute Gasteiger partial charge is 0.261 e. The topological polar surface area (TPSA) is 38.1 Å². The van der Waals surface area contributed by atoms with Gasteiger partial charge in [0.05, 0.1) is 22.8 Å². The van der Waals surface area contributed by atoms with Crippen LogP contribution in [0.5, 0.6) is 0 Å². The van der Waals surface area contributed by atoms with Crippen molar-refractivity contribution < 1.29 is 0 Å². The van der Waals surface area contributed by atoms with E-state index in [0.29, 0.717) is 17.3 Å². The van der Waals surface area contributed by atoms with Crippen molar-refractivity contribution in [2.24, 2.45) is 0 Å². The second-order valence-corrected chi connectivity index (χ2v) is 6.22. The van der Waals surface area contributed by atoms with Crippen LogP contribution < -0.4 is 5.56 Å². The van der Waals surface area contributed by atoms with Crippen molar-refractivity contribution in [2.75, 3.05) is 13.1 Å². The molecule has 5 heteroatoms. The van der Waals surface area contributed by atoms with Gasteiger partial charge in [0.1, 0.15) is 5.82 Å². The van der Waals surface area contributed by atoms with Crippen molar-refractivity contribution in [1.29, 1.82) is 0 Å². The van der Waals surface area contributed by atoms with Gasteiger partial charge in [-0.15, -0.1) is 11.6 Å². The standard InChI is InChI=1S/C16H18ClN3O/c17-10-15-18-12-5-2-1-4-11(12)16(21)20(15)14-7-9-19-8-3-6-13(14)19/h1-2,4-5,13-14H,3,6-10H2. The molecule has 4 rings (SSSR count). The van der Waals surface area contributed by atoms with E-state index in [1.165, 1.54) is 12.8 Å². The molecule has 2 saturated heterocycles. The highest BCUT2D eigenvalue weighted by atomic mass is 35.5. The number of benzene rings is 1. The maximum absolute atomic E-state index is 12.9. The summed E-state index contributed by atoms with van der Waals surface area (Å²) < 4.78 is 1.88. The summed E-state index contributed by atoms with van der Waals surface area (Å²) in [6, 6.07) is 8.25. The van der Waals surface area contributed by atoms with Crippen LogP contribution >= 0.6 is 11.6 Å². The molecule has 0 amide bonds. The average Bonchev–Trinajstić information content (AvgIpc) is 3.11. The summed E-state index contributed by atoms with van der Waals surface area (Å²) in [7, 11) is 0. The predicted octanol–water partition coefficient (Wildman–Crippen LogP) is 2.54. The van der Waals surface area contributed by atoms with E-state index >= 15 is 0 Å². The molecule has 2 fully saturated rings. The summed E-state index contributed by atoms with van der Waals surface area (Å²) in [5, 5.41) is 0.697. The van der Waals surface area contributed by atoms with E-state index in [1.54, 1.807) is 0 Å². The van der Waals surface area contributed by atoms with Gasteiger partial charge in [0.2, 0.25) is 0 Å². The number of halogens is 1. The van der Waals surface area contributed by atoms with Gasteiger partial charge in [-0.1, -0.05) is 12.1 Å². The Morgan fingerprint density at radius 3 is 2.90 bits per heavy atom. The zero-order valence-electron chi connectivity index (χ0n) is 11.8. The monoisotopic (exact) mass is 303 g/mol. The van der Waals surface area contributed by atoms with Crippen LogP contribution in [0.25, 0.3) is 10.9 Å². The van der Waals surface area contributed by atoms with Crippen LogP contribution in [0.2, 0.25) is 0 Å². The number of alkyl halides is 1. The lowest BCUT2D eigenvalue weighted by Crippen LogP contribution is -2.35. The fraction of sp³-hybridized carbons (Fsp3) is 0.500. The number of nitrogens with zero attached hydrogens (tertiary/aromatic N) is 3. The molecule has 0 N–H and O–H groups in total. The molecule has 4 nitrogen and oxygen atoms in total. The van der Waals surface area contributed by atoms with Crippen LogP contribution in [0, 0.1) is 0 Å². The zero-order chi connectivity index (χ0) is 14.4. The highest BCUT2D eigenvalue weighted by molar-refractivity contribution is 6.16. The first-order valence-corrected chi connectivity index (χ1v) is 8.13. The number of para-hydroxylation sites is 1. The Hall–Kier alpha value is -1.39. The lowest BCUT2D eigenvalue weighted by atomic mass is 10.1. The molecule has 110 valence electrons. The van der Waals surface area contributed by atoms with Crippen molar-refractivity contribution in [2.45, 2.75) is 37.2 Å². The largest absolute Gasteiger partial charge is 0.298 e. The quantitative estimate of drug-likeness (QED) is 0.800. The molecule has 0 spiro atoms. The van der Waals surface area contributed by atoms with E-state index in [-0.39, 0.29) is 17.5 Å². The summed E-state index contributed by atoms with van der Waals surface area (Å²) in [5.41, 5.74) is 0.811. The number of rotatable bonds is 2.